The highest BCUT2D eigenvalue weighted by atomic mass is 35.5. The first-order valence-corrected chi connectivity index (χ1v) is 12.7. The maximum atomic E-state index is 13.6. The van der Waals surface area contributed by atoms with Crippen LogP contribution < -0.4 is 14.4 Å². The van der Waals surface area contributed by atoms with Crippen LogP contribution in [0.3, 0.4) is 0 Å². The molecular weight excluding hydrogens is 545 g/mol. The zero-order valence-corrected chi connectivity index (χ0v) is 21.4. The van der Waals surface area contributed by atoms with Gasteiger partial charge in [0, 0.05) is 24.8 Å². The van der Waals surface area contributed by atoms with Crippen LogP contribution >= 0.6 is 11.6 Å². The first-order valence-electron chi connectivity index (χ1n) is 10.9. The Hall–Kier alpha value is -3.20. The molecule has 0 spiro atoms. The fourth-order valence-corrected chi connectivity index (χ4v) is 5.27. The van der Waals surface area contributed by atoms with Crippen LogP contribution in [0.4, 0.5) is 29.3 Å². The third-order valence-corrected chi connectivity index (χ3v) is 7.60. The van der Waals surface area contributed by atoms with Gasteiger partial charge in [-0.05, 0) is 45.4 Å². The molecule has 0 radical (unpaired) electrons. The van der Waals surface area contributed by atoms with Gasteiger partial charge >= 0.3 is 18.2 Å². The van der Waals surface area contributed by atoms with E-state index in [1.165, 1.54) is 29.1 Å². The highest BCUT2D eigenvalue weighted by molar-refractivity contribution is 7.93. The monoisotopic (exact) mass is 568 g/mol. The van der Waals surface area contributed by atoms with Crippen molar-refractivity contribution in [2.24, 2.45) is 0 Å². The van der Waals surface area contributed by atoms with Crippen molar-refractivity contribution in [3.63, 3.8) is 0 Å². The molecule has 2 N–H and O–H groups in total. The molecule has 204 valence electrons. The maximum absolute atomic E-state index is 13.6. The minimum atomic E-state index is -4.83. The molecule has 0 saturated heterocycles. The van der Waals surface area contributed by atoms with Crippen molar-refractivity contribution in [1.82, 2.24) is 9.78 Å². The molecule has 0 aliphatic carbocycles. The number of nitrogens with zero attached hydrogens (tertiary/aromatic N) is 3. The van der Waals surface area contributed by atoms with E-state index in [0.717, 1.165) is 4.31 Å². The fourth-order valence-electron chi connectivity index (χ4n) is 3.32. The smallest absolute Gasteiger partial charge is 0.427 e. The second kappa shape index (κ2) is 10.3. The average Bonchev–Trinajstić information content (AvgIpc) is 3.17. The largest absolute Gasteiger partial charge is 0.486 e. The number of aliphatic carboxylic acids is 1. The summed E-state index contributed by atoms with van der Waals surface area (Å²) >= 11 is 6.08. The third kappa shape index (κ3) is 6.21. The van der Waals surface area contributed by atoms with Crippen molar-refractivity contribution in [2.45, 2.75) is 62.9 Å². The Bertz CT molecular complexity index is 1300. The van der Waals surface area contributed by atoms with Gasteiger partial charge in [-0.3, -0.25) is 19.1 Å². The molecule has 11 nitrogen and oxygen atoms in total. The lowest BCUT2D eigenvalue weighted by molar-refractivity contribution is -0.242. The lowest BCUT2D eigenvalue weighted by Crippen LogP contribution is -2.44. The lowest BCUT2D eigenvalue weighted by atomic mass is 10.1. The van der Waals surface area contributed by atoms with Gasteiger partial charge in [-0.2, -0.15) is 18.3 Å². The number of carbonyl (C=O) groups is 2. The van der Waals surface area contributed by atoms with Gasteiger partial charge in [-0.15, -0.1) is 0 Å². The molecule has 1 atom stereocenters. The summed E-state index contributed by atoms with van der Waals surface area (Å²) in [6, 6.07) is 3.75. The molecular formula is C21H24ClF3N4O7S. The van der Waals surface area contributed by atoms with Crippen LogP contribution in [0.15, 0.2) is 29.3 Å². The number of fused-ring (bicyclic) bond motifs is 1. The van der Waals surface area contributed by atoms with Crippen molar-refractivity contribution < 1.29 is 45.8 Å². The first kappa shape index (κ1) is 28.4. The van der Waals surface area contributed by atoms with Gasteiger partial charge in [0.25, 0.3) is 10.0 Å². The molecule has 37 heavy (non-hydrogen) atoms. The molecule has 1 amide bonds. The number of hydrogen-bond acceptors (Lipinski definition) is 7. The Kier molecular flexibility index (Phi) is 7.88. The Labute approximate surface area is 215 Å². The van der Waals surface area contributed by atoms with Crippen LogP contribution in [0, 0.1) is 0 Å². The van der Waals surface area contributed by atoms with Crippen LogP contribution in [0.1, 0.15) is 33.6 Å². The van der Waals surface area contributed by atoms with E-state index < -0.39 is 40.0 Å². The van der Waals surface area contributed by atoms with Crippen LogP contribution in [-0.4, -0.2) is 59.8 Å². The van der Waals surface area contributed by atoms with Gasteiger partial charge in [0.2, 0.25) is 5.60 Å². The standard InChI is InChI=1S/C21H24ClF3N4O7S/c1-4-28-11-16(18(22)27-28)37(33,34)29-10-13(6-8-17(30)31)35-15-7-5-12(9-14(15)29)26-19(32)36-20(2,3)21(23,24)25/h5,7,9,11,13H,4,6,8,10H2,1-3H3,(H,26,32)(H,30,31)/t13-/m0/s1. The predicted molar refractivity (Wildman–Crippen MR) is 125 cm³/mol. The van der Waals surface area contributed by atoms with E-state index >= 15 is 0 Å². The van der Waals surface area contributed by atoms with Crippen molar-refractivity contribution >= 4 is 45.1 Å². The second-order valence-electron chi connectivity index (χ2n) is 8.55. The Morgan fingerprint density at radius 1 is 1.32 bits per heavy atom. The zero-order chi connectivity index (χ0) is 27.8. The Balaban J connectivity index is 1.98. The number of nitrogens with one attached hydrogen (secondary N) is 1. The summed E-state index contributed by atoms with van der Waals surface area (Å²) in [5.74, 6) is -1.06. The van der Waals surface area contributed by atoms with Crippen molar-refractivity contribution in [3.05, 3.63) is 29.5 Å². The number of benzene rings is 1. The van der Waals surface area contributed by atoms with E-state index in [2.05, 4.69) is 15.2 Å². The van der Waals surface area contributed by atoms with E-state index in [4.69, 9.17) is 21.4 Å². The molecule has 1 aliphatic rings. The summed E-state index contributed by atoms with van der Waals surface area (Å²) < 4.78 is 78.9. The van der Waals surface area contributed by atoms with Gasteiger partial charge in [0.1, 0.15) is 16.7 Å². The molecule has 16 heteroatoms. The lowest BCUT2D eigenvalue weighted by Gasteiger charge is -2.35. The maximum Gasteiger partial charge on any atom is 0.427 e. The van der Waals surface area contributed by atoms with E-state index in [1.54, 1.807) is 6.92 Å². The summed E-state index contributed by atoms with van der Waals surface area (Å²) in [7, 11) is -4.36. The quantitative estimate of drug-likeness (QED) is 0.481. The summed E-state index contributed by atoms with van der Waals surface area (Å²) in [6.45, 7) is 3.12. The van der Waals surface area contributed by atoms with Crippen molar-refractivity contribution in [1.29, 1.82) is 0 Å². The second-order valence-corrected chi connectivity index (χ2v) is 10.7. The van der Waals surface area contributed by atoms with Crippen LogP contribution in [0.5, 0.6) is 5.75 Å². The molecule has 3 rings (SSSR count). The number of ether oxygens (including phenoxy) is 2. The highest BCUT2D eigenvalue weighted by Gasteiger charge is 2.51. The predicted octanol–water partition coefficient (Wildman–Crippen LogP) is 4.27. The summed E-state index contributed by atoms with van der Waals surface area (Å²) in [5, 5.41) is 14.8. The molecule has 0 fully saturated rings. The molecule has 1 aromatic carbocycles. The molecule has 1 aromatic heterocycles. The van der Waals surface area contributed by atoms with Crippen LogP contribution in [0.2, 0.25) is 5.15 Å². The van der Waals surface area contributed by atoms with E-state index in [9.17, 15) is 31.2 Å². The van der Waals surface area contributed by atoms with E-state index in [-0.39, 0.29) is 46.6 Å². The van der Waals surface area contributed by atoms with Crippen LogP contribution in [-0.2, 0) is 26.1 Å². The number of alkyl halides is 3. The number of amides is 1. The number of hydrogen-bond donors (Lipinski definition) is 2. The van der Waals surface area contributed by atoms with Crippen molar-refractivity contribution in [2.75, 3.05) is 16.2 Å². The molecule has 0 bridgehead atoms. The van der Waals surface area contributed by atoms with E-state index in [1.807, 2.05) is 0 Å². The number of carboxylic acids is 1. The third-order valence-electron chi connectivity index (χ3n) is 5.43. The molecule has 2 heterocycles. The number of halogens is 4. The Morgan fingerprint density at radius 3 is 2.57 bits per heavy atom. The van der Waals surface area contributed by atoms with Gasteiger partial charge in [0.05, 0.1) is 12.2 Å². The SMILES string of the molecule is CCn1cc(S(=O)(=O)N2C[C@H](CCC(=O)O)Oc3ccc(NC(=O)OC(C)(C)C(F)(F)F)cc32)c(Cl)n1. The number of sulfonamides is 1. The minimum absolute atomic E-state index is 0.0123. The number of carbonyl (C=O) groups excluding carboxylic acids is 1. The fraction of sp³-hybridized carbons (Fsp3) is 0.476. The number of rotatable bonds is 8. The van der Waals surface area contributed by atoms with Crippen molar-refractivity contribution in [3.8, 4) is 5.75 Å². The molecule has 0 saturated carbocycles. The normalized spacial score (nSPS) is 16.1. The summed E-state index contributed by atoms with van der Waals surface area (Å²) in [4.78, 5) is 22.9. The Morgan fingerprint density at radius 2 is 2.00 bits per heavy atom. The number of aromatic nitrogens is 2. The number of carboxylic acid groups (broad SMARTS) is 1. The minimum Gasteiger partial charge on any atom is -0.486 e. The molecule has 2 aromatic rings. The van der Waals surface area contributed by atoms with Gasteiger partial charge in [-0.25, -0.2) is 13.2 Å². The zero-order valence-electron chi connectivity index (χ0n) is 19.9. The topological polar surface area (TPSA) is 140 Å². The van der Waals surface area contributed by atoms with Crippen LogP contribution in [0.25, 0.3) is 0 Å². The summed E-state index contributed by atoms with van der Waals surface area (Å²) in [5.41, 5.74) is -2.92. The van der Waals surface area contributed by atoms with Gasteiger partial charge in [0.15, 0.2) is 5.15 Å². The first-order chi connectivity index (χ1) is 17.0. The summed E-state index contributed by atoms with van der Waals surface area (Å²) in [6.07, 6.45) is -6.15. The van der Waals surface area contributed by atoms with Gasteiger partial charge < -0.3 is 14.6 Å². The molecule has 0 unspecified atom stereocenters. The number of aryl methyl sites for hydroxylation is 1. The number of anilines is 2. The van der Waals surface area contributed by atoms with E-state index in [0.29, 0.717) is 20.4 Å². The van der Waals surface area contributed by atoms with Gasteiger partial charge in [-0.1, -0.05) is 11.6 Å². The molecule has 1 aliphatic heterocycles. The highest BCUT2D eigenvalue weighted by Crippen LogP contribution is 2.41. The average molecular weight is 569 g/mol.